The number of nitrogens with zero attached hydrogens (tertiary/aromatic N) is 3. The number of thioether (sulfide) groups is 1. The highest BCUT2D eigenvalue weighted by atomic mass is 79.9. The fourth-order valence-corrected chi connectivity index (χ4v) is 4.33. The van der Waals surface area contributed by atoms with E-state index in [9.17, 15) is 4.79 Å². The number of benzene rings is 2. The monoisotopic (exact) mass is 455 g/mol. The molecule has 1 aliphatic rings. The molecule has 3 aromatic rings. The average Bonchev–Trinajstić information content (AvgIpc) is 3.45. The second kappa shape index (κ2) is 8.21. The summed E-state index contributed by atoms with van der Waals surface area (Å²) in [6.45, 7) is 4.27. The SMILES string of the molecule is CC(C)c1nnc(SCC(=O)c2ccc(-c3ccc(Br)cc3)cc2)n1C1CC1. The van der Waals surface area contributed by atoms with Gasteiger partial charge in [0.25, 0.3) is 0 Å². The van der Waals surface area contributed by atoms with Crippen molar-refractivity contribution in [1.29, 1.82) is 0 Å². The smallest absolute Gasteiger partial charge is 0.191 e. The van der Waals surface area contributed by atoms with Crippen molar-refractivity contribution in [1.82, 2.24) is 14.8 Å². The minimum Gasteiger partial charge on any atom is -0.303 e. The van der Waals surface area contributed by atoms with Crippen molar-refractivity contribution in [3.63, 3.8) is 0 Å². The third kappa shape index (κ3) is 4.23. The first-order chi connectivity index (χ1) is 13.5. The summed E-state index contributed by atoms with van der Waals surface area (Å²) in [6, 6.07) is 16.5. The molecule has 1 saturated carbocycles. The van der Waals surface area contributed by atoms with E-state index in [0.717, 1.165) is 32.1 Å². The molecule has 0 unspecified atom stereocenters. The Kier molecular flexibility index (Phi) is 5.69. The van der Waals surface area contributed by atoms with Crippen LogP contribution in [0.2, 0.25) is 0 Å². The predicted molar refractivity (Wildman–Crippen MR) is 117 cm³/mol. The molecule has 1 fully saturated rings. The predicted octanol–water partition coefficient (Wildman–Crippen LogP) is 6.14. The Labute approximate surface area is 177 Å². The number of hydrogen-bond donors (Lipinski definition) is 0. The second-order valence-electron chi connectivity index (χ2n) is 7.39. The Morgan fingerprint density at radius 1 is 1.07 bits per heavy atom. The maximum atomic E-state index is 12.7. The standard InChI is InChI=1S/C22H22BrN3OS/c1-14(2)21-24-25-22(26(21)19-11-12-19)28-13-20(27)17-5-3-15(4-6-17)16-7-9-18(23)10-8-16/h3-10,14,19H,11-13H2,1-2H3. The lowest BCUT2D eigenvalue weighted by molar-refractivity contribution is 0.102. The molecule has 1 aliphatic carbocycles. The van der Waals surface area contributed by atoms with Crippen LogP contribution in [0.3, 0.4) is 0 Å². The zero-order valence-corrected chi connectivity index (χ0v) is 18.3. The van der Waals surface area contributed by atoms with Crippen LogP contribution in [0.1, 0.15) is 54.8 Å². The van der Waals surface area contributed by atoms with Crippen LogP contribution in [0.15, 0.2) is 58.2 Å². The van der Waals surface area contributed by atoms with E-state index in [1.54, 1.807) is 0 Å². The molecule has 144 valence electrons. The summed E-state index contributed by atoms with van der Waals surface area (Å²) in [5, 5.41) is 9.57. The molecule has 4 nitrogen and oxygen atoms in total. The molecule has 0 spiro atoms. The normalized spacial score (nSPS) is 13.9. The summed E-state index contributed by atoms with van der Waals surface area (Å²) < 4.78 is 3.29. The van der Waals surface area contributed by atoms with Crippen LogP contribution < -0.4 is 0 Å². The third-order valence-electron chi connectivity index (χ3n) is 4.84. The van der Waals surface area contributed by atoms with Crippen LogP contribution in [0, 0.1) is 0 Å². The summed E-state index contributed by atoms with van der Waals surface area (Å²) in [7, 11) is 0. The lowest BCUT2D eigenvalue weighted by atomic mass is 10.0. The summed E-state index contributed by atoms with van der Waals surface area (Å²) >= 11 is 4.95. The molecule has 0 bridgehead atoms. The van der Waals surface area contributed by atoms with E-state index in [2.05, 4.69) is 56.7 Å². The molecule has 4 rings (SSSR count). The summed E-state index contributed by atoms with van der Waals surface area (Å²) in [6.07, 6.45) is 2.35. The highest BCUT2D eigenvalue weighted by molar-refractivity contribution is 9.10. The van der Waals surface area contributed by atoms with Crippen LogP contribution in [0.4, 0.5) is 0 Å². The highest BCUT2D eigenvalue weighted by Gasteiger charge is 2.30. The van der Waals surface area contributed by atoms with Gasteiger partial charge in [-0.25, -0.2) is 0 Å². The summed E-state index contributed by atoms with van der Waals surface area (Å²) in [5.41, 5.74) is 2.97. The van der Waals surface area contributed by atoms with Crippen LogP contribution in [0.25, 0.3) is 11.1 Å². The molecule has 0 saturated heterocycles. The molecule has 1 heterocycles. The second-order valence-corrected chi connectivity index (χ2v) is 9.25. The van der Waals surface area contributed by atoms with Gasteiger partial charge >= 0.3 is 0 Å². The number of Topliss-reactive ketones (excluding diaryl/α,β-unsaturated/α-hetero) is 1. The number of halogens is 1. The zero-order valence-electron chi connectivity index (χ0n) is 15.9. The minimum atomic E-state index is 0.115. The van der Waals surface area contributed by atoms with Crippen molar-refractivity contribution in [2.45, 2.75) is 43.8 Å². The molecule has 0 radical (unpaired) electrons. The van der Waals surface area contributed by atoms with Gasteiger partial charge in [0.05, 0.1) is 5.75 Å². The number of rotatable bonds is 7. The van der Waals surface area contributed by atoms with Crippen LogP contribution in [-0.2, 0) is 0 Å². The molecule has 6 heteroatoms. The molecule has 28 heavy (non-hydrogen) atoms. The molecule has 0 amide bonds. The van der Waals surface area contributed by atoms with E-state index in [4.69, 9.17) is 0 Å². The molecule has 0 aliphatic heterocycles. The molecule has 0 atom stereocenters. The molecule has 2 aromatic carbocycles. The van der Waals surface area contributed by atoms with Crippen molar-refractivity contribution >= 4 is 33.5 Å². The maximum absolute atomic E-state index is 12.7. The van der Waals surface area contributed by atoms with Crippen LogP contribution in [-0.4, -0.2) is 26.3 Å². The van der Waals surface area contributed by atoms with Crippen molar-refractivity contribution in [2.75, 3.05) is 5.75 Å². The lowest BCUT2D eigenvalue weighted by Gasteiger charge is -2.10. The number of carbonyl (C=O) groups excluding carboxylic acids is 1. The molecular formula is C22H22BrN3OS. The van der Waals surface area contributed by atoms with Gasteiger partial charge in [-0.2, -0.15) is 0 Å². The van der Waals surface area contributed by atoms with E-state index < -0.39 is 0 Å². The Bertz CT molecular complexity index is 976. The summed E-state index contributed by atoms with van der Waals surface area (Å²) in [4.78, 5) is 12.7. The largest absolute Gasteiger partial charge is 0.303 e. The number of aromatic nitrogens is 3. The fraction of sp³-hybridized carbons (Fsp3) is 0.318. The van der Waals surface area contributed by atoms with Gasteiger partial charge in [0.2, 0.25) is 0 Å². The maximum Gasteiger partial charge on any atom is 0.191 e. The Morgan fingerprint density at radius 3 is 2.25 bits per heavy atom. The topological polar surface area (TPSA) is 47.8 Å². The van der Waals surface area contributed by atoms with Gasteiger partial charge in [0.1, 0.15) is 5.82 Å². The van der Waals surface area contributed by atoms with Gasteiger partial charge in [-0.3, -0.25) is 4.79 Å². The van der Waals surface area contributed by atoms with E-state index in [1.165, 1.54) is 24.6 Å². The van der Waals surface area contributed by atoms with Crippen molar-refractivity contribution in [3.8, 4) is 11.1 Å². The fourth-order valence-electron chi connectivity index (χ4n) is 3.16. The van der Waals surface area contributed by atoms with E-state index in [1.807, 2.05) is 36.4 Å². The average molecular weight is 456 g/mol. The van der Waals surface area contributed by atoms with Crippen molar-refractivity contribution in [2.24, 2.45) is 0 Å². The van der Waals surface area contributed by atoms with Gasteiger partial charge < -0.3 is 4.57 Å². The first kappa shape index (κ1) is 19.4. The quantitative estimate of drug-likeness (QED) is 0.317. The van der Waals surface area contributed by atoms with Crippen molar-refractivity contribution in [3.05, 3.63) is 64.4 Å². The van der Waals surface area contributed by atoms with Gasteiger partial charge in [-0.05, 0) is 36.1 Å². The van der Waals surface area contributed by atoms with Crippen molar-refractivity contribution < 1.29 is 4.79 Å². The lowest BCUT2D eigenvalue weighted by Crippen LogP contribution is -2.07. The molecule has 1 aromatic heterocycles. The summed E-state index contributed by atoms with van der Waals surface area (Å²) in [5.74, 6) is 1.85. The number of hydrogen-bond acceptors (Lipinski definition) is 4. The van der Waals surface area contributed by atoms with E-state index >= 15 is 0 Å². The molecular weight excluding hydrogens is 434 g/mol. The van der Waals surface area contributed by atoms with E-state index in [-0.39, 0.29) is 5.78 Å². The zero-order chi connectivity index (χ0) is 19.7. The third-order valence-corrected chi connectivity index (χ3v) is 6.31. The van der Waals surface area contributed by atoms with Gasteiger partial charge in [-0.1, -0.05) is 77.9 Å². The highest BCUT2D eigenvalue weighted by Crippen LogP contribution is 2.40. The van der Waals surface area contributed by atoms with Gasteiger partial charge in [0, 0.05) is 22.0 Å². The van der Waals surface area contributed by atoms with Crippen LogP contribution in [0.5, 0.6) is 0 Å². The Balaban J connectivity index is 1.44. The number of carbonyl (C=O) groups is 1. The first-order valence-corrected chi connectivity index (χ1v) is 11.3. The minimum absolute atomic E-state index is 0.115. The van der Waals surface area contributed by atoms with E-state index in [0.29, 0.717) is 17.7 Å². The molecule has 0 N–H and O–H groups in total. The first-order valence-electron chi connectivity index (χ1n) is 9.49. The Morgan fingerprint density at radius 2 is 1.68 bits per heavy atom. The van der Waals surface area contributed by atoms with Crippen LogP contribution >= 0.6 is 27.7 Å². The number of ketones is 1. The van der Waals surface area contributed by atoms with Gasteiger partial charge in [-0.15, -0.1) is 10.2 Å². The van der Waals surface area contributed by atoms with Gasteiger partial charge in [0.15, 0.2) is 10.9 Å². The Hall–Kier alpha value is -1.92.